The van der Waals surface area contributed by atoms with Crippen LogP contribution in [0.4, 0.5) is 0 Å². The van der Waals surface area contributed by atoms with E-state index < -0.39 is 0 Å². The average Bonchev–Trinajstić information content (AvgIpc) is 2.96. The summed E-state index contributed by atoms with van der Waals surface area (Å²) in [6.45, 7) is 0. The second-order valence-electron chi connectivity index (χ2n) is 3.85. The zero-order valence-corrected chi connectivity index (χ0v) is 9.24. The quantitative estimate of drug-likeness (QED) is 0.609. The molecule has 0 unspecified atom stereocenters. The predicted octanol–water partition coefficient (Wildman–Crippen LogP) is 4.14. The molecule has 0 fully saturated rings. The zero-order chi connectivity index (χ0) is 11.1. The molecule has 0 aromatic carbocycles. The first kappa shape index (κ1) is 10.7. The van der Waals surface area contributed by atoms with E-state index in [4.69, 9.17) is 0 Å². The molecule has 2 aliphatic carbocycles. The van der Waals surface area contributed by atoms with Crippen LogP contribution in [0.25, 0.3) is 0 Å². The van der Waals surface area contributed by atoms with Crippen molar-refractivity contribution in [2.75, 3.05) is 0 Å². The molecule has 0 aromatic rings. The fourth-order valence-electron chi connectivity index (χ4n) is 1.67. The molecule has 16 heavy (non-hydrogen) atoms. The Morgan fingerprint density at radius 1 is 0.500 bits per heavy atom. The van der Waals surface area contributed by atoms with Crippen molar-refractivity contribution in [1.82, 2.24) is 0 Å². The lowest BCUT2D eigenvalue weighted by molar-refractivity contribution is 1.09. The van der Waals surface area contributed by atoms with E-state index in [1.807, 2.05) is 0 Å². The summed E-state index contributed by atoms with van der Waals surface area (Å²) in [7, 11) is 0. The molecule has 0 saturated heterocycles. The van der Waals surface area contributed by atoms with Gasteiger partial charge in [-0.1, -0.05) is 85.1 Å². The lowest BCUT2D eigenvalue weighted by atomic mass is 10.1. The van der Waals surface area contributed by atoms with E-state index in [0.29, 0.717) is 11.8 Å². The van der Waals surface area contributed by atoms with Gasteiger partial charge in [-0.15, -0.1) is 0 Å². The summed E-state index contributed by atoms with van der Waals surface area (Å²) >= 11 is 0. The third-order valence-electron chi connectivity index (χ3n) is 2.56. The highest BCUT2D eigenvalue weighted by Crippen LogP contribution is 2.10. The molecule has 0 radical (unpaired) electrons. The van der Waals surface area contributed by atoms with Crippen molar-refractivity contribution in [3.63, 3.8) is 0 Å². The SMILES string of the molecule is C1=CC(/C=C/C=C/C=C/C2C=CC=C2)C=C1. The van der Waals surface area contributed by atoms with Crippen molar-refractivity contribution < 1.29 is 0 Å². The average molecular weight is 208 g/mol. The molecule has 0 saturated carbocycles. The van der Waals surface area contributed by atoms with Gasteiger partial charge in [0.25, 0.3) is 0 Å². The van der Waals surface area contributed by atoms with Gasteiger partial charge < -0.3 is 0 Å². The van der Waals surface area contributed by atoms with Crippen molar-refractivity contribution in [1.29, 1.82) is 0 Å². The van der Waals surface area contributed by atoms with Gasteiger partial charge in [-0.25, -0.2) is 0 Å². The Kier molecular flexibility index (Phi) is 3.95. The highest BCUT2D eigenvalue weighted by atomic mass is 14.0. The maximum absolute atomic E-state index is 2.18. The van der Waals surface area contributed by atoms with Gasteiger partial charge in [-0.05, 0) is 0 Å². The highest BCUT2D eigenvalue weighted by Gasteiger charge is 1.96. The monoisotopic (exact) mass is 208 g/mol. The molecule has 0 amide bonds. The fraction of sp³-hybridized carbons (Fsp3) is 0.125. The van der Waals surface area contributed by atoms with Crippen LogP contribution in [0.5, 0.6) is 0 Å². The summed E-state index contributed by atoms with van der Waals surface area (Å²) in [5.74, 6) is 0.962. The van der Waals surface area contributed by atoms with Crippen LogP contribution >= 0.6 is 0 Å². The molecule has 0 aliphatic heterocycles. The summed E-state index contributed by atoms with van der Waals surface area (Å²) < 4.78 is 0. The Morgan fingerprint density at radius 3 is 1.25 bits per heavy atom. The minimum atomic E-state index is 0.481. The predicted molar refractivity (Wildman–Crippen MR) is 71.0 cm³/mol. The van der Waals surface area contributed by atoms with Crippen molar-refractivity contribution in [3.8, 4) is 0 Å². The first-order valence-electron chi connectivity index (χ1n) is 5.67. The second-order valence-corrected chi connectivity index (χ2v) is 3.85. The van der Waals surface area contributed by atoms with Crippen molar-refractivity contribution in [2.45, 2.75) is 0 Å². The Morgan fingerprint density at radius 2 is 0.875 bits per heavy atom. The highest BCUT2D eigenvalue weighted by molar-refractivity contribution is 5.26. The van der Waals surface area contributed by atoms with E-state index in [-0.39, 0.29) is 0 Å². The van der Waals surface area contributed by atoms with E-state index in [1.165, 1.54) is 0 Å². The van der Waals surface area contributed by atoms with Crippen LogP contribution in [-0.2, 0) is 0 Å². The summed E-state index contributed by atoms with van der Waals surface area (Å²) in [6, 6.07) is 0. The molecular formula is C16H16. The molecule has 0 bridgehead atoms. The second kappa shape index (κ2) is 5.92. The largest absolute Gasteiger partial charge is 0.0738 e. The molecule has 0 N–H and O–H groups in total. The van der Waals surface area contributed by atoms with E-state index in [9.17, 15) is 0 Å². The molecule has 0 spiro atoms. The first-order chi connectivity index (χ1) is 7.95. The maximum atomic E-state index is 2.18. The van der Waals surface area contributed by atoms with E-state index in [0.717, 1.165) is 0 Å². The lowest BCUT2D eigenvalue weighted by Crippen LogP contribution is -1.79. The third-order valence-corrected chi connectivity index (χ3v) is 2.56. The fourth-order valence-corrected chi connectivity index (χ4v) is 1.67. The molecule has 0 nitrogen and oxygen atoms in total. The topological polar surface area (TPSA) is 0 Å². The van der Waals surface area contributed by atoms with Crippen LogP contribution in [0.1, 0.15) is 0 Å². The summed E-state index contributed by atoms with van der Waals surface area (Å²) in [6.07, 6.45) is 29.7. The molecular weight excluding hydrogens is 192 g/mol. The van der Waals surface area contributed by atoms with Crippen LogP contribution < -0.4 is 0 Å². The standard InChI is InChI=1S/C16H16/c1(3-9-15-11-5-6-12-15)2-4-10-16-13-7-8-14-16/h1-16H/b2-1+,9-3+,10-4+. The van der Waals surface area contributed by atoms with E-state index in [2.05, 4.69) is 85.1 Å². The van der Waals surface area contributed by atoms with Gasteiger partial charge in [0.05, 0.1) is 0 Å². The van der Waals surface area contributed by atoms with E-state index >= 15 is 0 Å². The van der Waals surface area contributed by atoms with Crippen molar-refractivity contribution in [3.05, 3.63) is 85.1 Å². The summed E-state index contributed by atoms with van der Waals surface area (Å²) in [5, 5.41) is 0. The van der Waals surface area contributed by atoms with Gasteiger partial charge in [0, 0.05) is 11.8 Å². The van der Waals surface area contributed by atoms with E-state index in [1.54, 1.807) is 0 Å². The Labute approximate surface area is 97.4 Å². The van der Waals surface area contributed by atoms with Crippen molar-refractivity contribution in [2.24, 2.45) is 11.8 Å². The lowest BCUT2D eigenvalue weighted by Gasteiger charge is -1.92. The van der Waals surface area contributed by atoms with Crippen LogP contribution in [0.2, 0.25) is 0 Å². The van der Waals surface area contributed by atoms with Crippen LogP contribution in [0, 0.1) is 11.8 Å². The summed E-state index contributed by atoms with van der Waals surface area (Å²) in [4.78, 5) is 0. The molecule has 80 valence electrons. The number of hydrogen-bond acceptors (Lipinski definition) is 0. The number of rotatable bonds is 4. The number of allylic oxidation sites excluding steroid dienone is 14. The molecule has 2 rings (SSSR count). The van der Waals surface area contributed by atoms with Crippen LogP contribution in [-0.4, -0.2) is 0 Å². The first-order valence-corrected chi connectivity index (χ1v) is 5.67. The smallest absolute Gasteiger partial charge is 0.0136 e. The van der Waals surface area contributed by atoms with Crippen molar-refractivity contribution >= 4 is 0 Å². The van der Waals surface area contributed by atoms with Gasteiger partial charge in [-0.3, -0.25) is 0 Å². The molecule has 0 atom stereocenters. The Bertz CT molecular complexity index is 347. The molecule has 0 heteroatoms. The minimum absolute atomic E-state index is 0.481. The molecule has 0 heterocycles. The Balaban J connectivity index is 1.73. The van der Waals surface area contributed by atoms with Gasteiger partial charge >= 0.3 is 0 Å². The van der Waals surface area contributed by atoms with Gasteiger partial charge in [0.15, 0.2) is 0 Å². The zero-order valence-electron chi connectivity index (χ0n) is 9.24. The third kappa shape index (κ3) is 3.39. The van der Waals surface area contributed by atoms with Gasteiger partial charge in [-0.2, -0.15) is 0 Å². The Hall–Kier alpha value is -1.82. The van der Waals surface area contributed by atoms with Crippen LogP contribution in [0.3, 0.4) is 0 Å². The number of hydrogen-bond donors (Lipinski definition) is 0. The van der Waals surface area contributed by atoms with Gasteiger partial charge in [0.2, 0.25) is 0 Å². The molecule has 0 aromatic heterocycles. The molecule has 2 aliphatic rings. The normalized spacial score (nSPS) is 20.8. The summed E-state index contributed by atoms with van der Waals surface area (Å²) in [5.41, 5.74) is 0. The van der Waals surface area contributed by atoms with Gasteiger partial charge in [0.1, 0.15) is 0 Å². The maximum Gasteiger partial charge on any atom is 0.0136 e. The van der Waals surface area contributed by atoms with Crippen LogP contribution in [0.15, 0.2) is 85.1 Å². The minimum Gasteiger partial charge on any atom is -0.0738 e.